The van der Waals surface area contributed by atoms with Crippen molar-refractivity contribution in [2.24, 2.45) is 0 Å². The third-order valence-corrected chi connectivity index (χ3v) is 7.26. The molecule has 29 heavy (non-hydrogen) atoms. The molecule has 0 unspecified atom stereocenters. The van der Waals surface area contributed by atoms with Gasteiger partial charge >= 0.3 is 0 Å². The van der Waals surface area contributed by atoms with Crippen molar-refractivity contribution in [1.82, 2.24) is 19.9 Å². The van der Waals surface area contributed by atoms with Gasteiger partial charge < -0.3 is 10.2 Å². The van der Waals surface area contributed by atoms with Crippen LogP contribution in [0, 0.1) is 5.82 Å². The molecule has 1 aliphatic rings. The van der Waals surface area contributed by atoms with Crippen LogP contribution < -0.4 is 5.32 Å². The Morgan fingerprint density at radius 1 is 1.38 bits per heavy atom. The normalized spacial score (nSPS) is 17.0. The largest absolute Gasteiger partial charge is 0.350 e. The summed E-state index contributed by atoms with van der Waals surface area (Å²) in [4.78, 5) is 27.2. The quantitative estimate of drug-likeness (QED) is 0.654. The average Bonchev–Trinajstić information content (AvgIpc) is 3.34. The highest BCUT2D eigenvalue weighted by Gasteiger charge is 2.34. The predicted octanol–water partition coefficient (Wildman–Crippen LogP) is 2.10. The molecule has 0 aromatic carbocycles. The highest BCUT2D eigenvalue weighted by atomic mass is 32.2. The lowest BCUT2D eigenvalue weighted by Gasteiger charge is -2.16. The van der Waals surface area contributed by atoms with Gasteiger partial charge in [-0.3, -0.25) is 9.78 Å². The van der Waals surface area contributed by atoms with Crippen LogP contribution in [-0.4, -0.2) is 58.8 Å². The Morgan fingerprint density at radius 3 is 2.93 bits per heavy atom. The standard InChI is InChI=1S/C18H18FN5O3S2/c1-29(26,27)13-2-4-24(10-13)17(25)15-16-14(3-5-28-16)22-18(23-15)21-8-11-6-12(19)9-20-7-11/h3,5-7,9,13H,2,4,8,10H2,1H3,(H,21,22,23)/t13-/m1/s1. The van der Waals surface area contributed by atoms with Gasteiger partial charge in [0, 0.05) is 32.1 Å². The second kappa shape index (κ2) is 7.64. The molecule has 8 nitrogen and oxygen atoms in total. The van der Waals surface area contributed by atoms with E-state index in [4.69, 9.17) is 0 Å². The summed E-state index contributed by atoms with van der Waals surface area (Å²) in [7, 11) is -3.21. The number of aromatic nitrogens is 3. The molecular formula is C18H18FN5O3S2. The molecule has 11 heteroatoms. The first-order valence-electron chi connectivity index (χ1n) is 8.88. The Bertz CT molecular complexity index is 1180. The fourth-order valence-electron chi connectivity index (χ4n) is 3.23. The fourth-order valence-corrected chi connectivity index (χ4v) is 5.03. The minimum atomic E-state index is -3.21. The summed E-state index contributed by atoms with van der Waals surface area (Å²) in [5.41, 5.74) is 1.47. The van der Waals surface area contributed by atoms with E-state index in [1.807, 2.05) is 5.38 Å². The molecule has 1 atom stereocenters. The van der Waals surface area contributed by atoms with Crippen molar-refractivity contribution < 1.29 is 17.6 Å². The number of halogens is 1. The molecule has 0 saturated carbocycles. The molecular weight excluding hydrogens is 417 g/mol. The Balaban J connectivity index is 1.59. The minimum Gasteiger partial charge on any atom is -0.350 e. The summed E-state index contributed by atoms with van der Waals surface area (Å²) in [5.74, 6) is -0.521. The van der Waals surface area contributed by atoms with Gasteiger partial charge in [0.15, 0.2) is 15.5 Å². The molecule has 0 spiro atoms. The SMILES string of the molecule is CS(=O)(=O)[C@@H]1CCN(C(=O)c2nc(NCc3cncc(F)c3)nc3ccsc23)C1. The van der Waals surface area contributed by atoms with Gasteiger partial charge in [-0.1, -0.05) is 0 Å². The fraction of sp³-hybridized carbons (Fsp3) is 0.333. The van der Waals surface area contributed by atoms with Gasteiger partial charge in [-0.15, -0.1) is 11.3 Å². The van der Waals surface area contributed by atoms with E-state index in [1.54, 1.807) is 6.07 Å². The van der Waals surface area contributed by atoms with Crippen molar-refractivity contribution >= 4 is 43.2 Å². The number of sulfone groups is 1. The zero-order valence-corrected chi connectivity index (χ0v) is 17.1. The van der Waals surface area contributed by atoms with Gasteiger partial charge in [0.2, 0.25) is 5.95 Å². The molecule has 0 radical (unpaired) electrons. The maximum absolute atomic E-state index is 13.3. The number of thiophene rings is 1. The highest BCUT2D eigenvalue weighted by molar-refractivity contribution is 7.91. The zero-order valence-electron chi connectivity index (χ0n) is 15.5. The van der Waals surface area contributed by atoms with E-state index >= 15 is 0 Å². The van der Waals surface area contributed by atoms with E-state index < -0.39 is 20.9 Å². The second-order valence-corrected chi connectivity index (χ2v) is 10.1. The van der Waals surface area contributed by atoms with Crippen molar-refractivity contribution in [2.45, 2.75) is 18.2 Å². The number of anilines is 1. The van der Waals surface area contributed by atoms with E-state index in [2.05, 4.69) is 20.3 Å². The van der Waals surface area contributed by atoms with Crippen molar-refractivity contribution in [3.05, 3.63) is 47.0 Å². The molecule has 152 valence electrons. The average molecular weight is 436 g/mol. The summed E-state index contributed by atoms with van der Waals surface area (Å²) in [5, 5.41) is 4.27. The first-order valence-corrected chi connectivity index (χ1v) is 11.7. The molecule has 1 saturated heterocycles. The molecule has 1 fully saturated rings. The van der Waals surface area contributed by atoms with Crippen LogP contribution in [0.15, 0.2) is 29.9 Å². The maximum atomic E-state index is 13.3. The number of nitrogens with zero attached hydrogens (tertiary/aromatic N) is 4. The molecule has 1 aliphatic heterocycles. The van der Waals surface area contributed by atoms with Crippen LogP contribution in [0.5, 0.6) is 0 Å². The van der Waals surface area contributed by atoms with Gasteiger partial charge in [-0.25, -0.2) is 22.8 Å². The Kier molecular flexibility index (Phi) is 5.17. The molecule has 3 aromatic heterocycles. The van der Waals surface area contributed by atoms with Crippen LogP contribution in [0.4, 0.5) is 10.3 Å². The Morgan fingerprint density at radius 2 is 2.21 bits per heavy atom. The van der Waals surface area contributed by atoms with Gasteiger partial charge in [0.05, 0.1) is 21.7 Å². The molecule has 4 heterocycles. The first kappa shape index (κ1) is 19.6. The summed E-state index contributed by atoms with van der Waals surface area (Å²) in [6, 6.07) is 3.14. The van der Waals surface area contributed by atoms with E-state index in [9.17, 15) is 17.6 Å². The number of nitrogens with one attached hydrogen (secondary N) is 1. The number of hydrogen-bond acceptors (Lipinski definition) is 8. The van der Waals surface area contributed by atoms with Crippen molar-refractivity contribution in [3.63, 3.8) is 0 Å². The Hall–Kier alpha value is -2.66. The second-order valence-electron chi connectivity index (χ2n) is 6.89. The van der Waals surface area contributed by atoms with E-state index in [-0.39, 0.29) is 30.6 Å². The topological polar surface area (TPSA) is 105 Å². The number of pyridine rings is 1. The molecule has 0 aliphatic carbocycles. The number of hydrogen-bond donors (Lipinski definition) is 1. The number of rotatable bonds is 5. The molecule has 0 bridgehead atoms. The van der Waals surface area contributed by atoms with Gasteiger partial charge in [-0.2, -0.15) is 0 Å². The smallest absolute Gasteiger partial charge is 0.274 e. The summed E-state index contributed by atoms with van der Waals surface area (Å²) < 4.78 is 37.6. The van der Waals surface area contributed by atoms with Gasteiger partial charge in [0.25, 0.3) is 5.91 Å². The predicted molar refractivity (Wildman–Crippen MR) is 108 cm³/mol. The maximum Gasteiger partial charge on any atom is 0.274 e. The molecule has 3 aromatic rings. The van der Waals surface area contributed by atoms with Crippen molar-refractivity contribution in [1.29, 1.82) is 0 Å². The monoisotopic (exact) mass is 435 g/mol. The van der Waals surface area contributed by atoms with Crippen LogP contribution in [0.2, 0.25) is 0 Å². The van der Waals surface area contributed by atoms with E-state index in [0.29, 0.717) is 28.7 Å². The van der Waals surface area contributed by atoms with Crippen molar-refractivity contribution in [3.8, 4) is 0 Å². The van der Waals surface area contributed by atoms with Gasteiger partial charge in [0.1, 0.15) is 5.82 Å². The lowest BCUT2D eigenvalue weighted by Crippen LogP contribution is -2.32. The first-order chi connectivity index (χ1) is 13.8. The Labute approximate surface area is 170 Å². The van der Waals surface area contributed by atoms with Crippen LogP contribution >= 0.6 is 11.3 Å². The lowest BCUT2D eigenvalue weighted by molar-refractivity contribution is 0.0790. The van der Waals surface area contributed by atoms with E-state index in [0.717, 1.165) is 6.20 Å². The highest BCUT2D eigenvalue weighted by Crippen LogP contribution is 2.27. The van der Waals surface area contributed by atoms with Gasteiger partial charge in [-0.05, 0) is 29.5 Å². The minimum absolute atomic E-state index is 0.159. The molecule has 1 amide bonds. The van der Waals surface area contributed by atoms with Crippen molar-refractivity contribution in [2.75, 3.05) is 24.7 Å². The number of likely N-dealkylation sites (tertiary alicyclic amines) is 1. The van der Waals surface area contributed by atoms with Crippen LogP contribution in [0.1, 0.15) is 22.5 Å². The number of amides is 1. The number of carbonyl (C=O) groups is 1. The van der Waals surface area contributed by atoms with Crippen LogP contribution in [0.25, 0.3) is 10.2 Å². The number of fused-ring (bicyclic) bond motifs is 1. The third-order valence-electron chi connectivity index (χ3n) is 4.76. The summed E-state index contributed by atoms with van der Waals surface area (Å²) >= 11 is 1.35. The number of carbonyl (C=O) groups excluding carboxylic acids is 1. The third kappa shape index (κ3) is 4.20. The zero-order chi connectivity index (χ0) is 20.6. The summed E-state index contributed by atoms with van der Waals surface area (Å²) in [6.07, 6.45) is 4.26. The lowest BCUT2D eigenvalue weighted by atomic mass is 10.3. The molecule has 1 N–H and O–H groups in total. The van der Waals surface area contributed by atoms with Crippen LogP contribution in [-0.2, 0) is 16.4 Å². The van der Waals surface area contributed by atoms with Crippen LogP contribution in [0.3, 0.4) is 0 Å². The van der Waals surface area contributed by atoms with E-state index in [1.165, 1.54) is 34.8 Å². The molecule has 4 rings (SSSR count). The summed E-state index contributed by atoms with van der Waals surface area (Å²) in [6.45, 7) is 0.769.